The topological polar surface area (TPSA) is 42.4 Å². The summed E-state index contributed by atoms with van der Waals surface area (Å²) in [5, 5.41) is 9.21. The molecule has 1 aromatic rings. The molecule has 2 rings (SSSR count). The molecule has 1 atom stereocenters. The zero-order valence-corrected chi connectivity index (χ0v) is 6.03. The Balaban J connectivity index is 2.34. The second-order valence-corrected chi connectivity index (χ2v) is 2.65. The van der Waals surface area contributed by atoms with Gasteiger partial charge in [-0.25, -0.2) is 0 Å². The summed E-state index contributed by atoms with van der Waals surface area (Å²) >= 11 is 0. The summed E-state index contributed by atoms with van der Waals surface area (Å²) in [5.41, 5.74) is 1.04. The largest absolute Gasteiger partial charge is 0.489 e. The van der Waals surface area contributed by atoms with Crippen LogP contribution in [0.25, 0.3) is 0 Å². The molecule has 0 radical (unpaired) electrons. The molecule has 0 aliphatic carbocycles. The average Bonchev–Trinajstić information content (AvgIpc) is 2.04. The van der Waals surface area contributed by atoms with Crippen molar-refractivity contribution in [1.29, 1.82) is 0 Å². The molecule has 0 bridgehead atoms. The third kappa shape index (κ3) is 1.19. The molecule has 3 heteroatoms. The molecule has 1 aliphatic rings. The summed E-state index contributed by atoms with van der Waals surface area (Å²) < 4.78 is 5.22. The molecule has 0 aromatic carbocycles. The van der Waals surface area contributed by atoms with Gasteiger partial charge in [0, 0.05) is 12.6 Å². The quantitative estimate of drug-likeness (QED) is 0.582. The van der Waals surface area contributed by atoms with Crippen molar-refractivity contribution in [3.63, 3.8) is 0 Å². The van der Waals surface area contributed by atoms with Crippen LogP contribution in [0.3, 0.4) is 0 Å². The van der Waals surface area contributed by atoms with Crippen LogP contribution in [-0.4, -0.2) is 22.8 Å². The van der Waals surface area contributed by atoms with Gasteiger partial charge in [0.15, 0.2) is 0 Å². The summed E-state index contributed by atoms with van der Waals surface area (Å²) in [4.78, 5) is 3.92. The van der Waals surface area contributed by atoms with E-state index >= 15 is 0 Å². The van der Waals surface area contributed by atoms with E-state index < -0.39 is 0 Å². The lowest BCUT2D eigenvalue weighted by molar-refractivity contribution is 0.0918. The standard InChI is InChI=1S/C8H9NO2/c10-7-3-6-1-2-9-4-8(6)11-5-7/h1-2,4,7,10H,3,5H2. The number of rotatable bonds is 0. The summed E-state index contributed by atoms with van der Waals surface area (Å²) in [7, 11) is 0. The van der Waals surface area contributed by atoms with Crippen molar-refractivity contribution in [2.75, 3.05) is 6.61 Å². The molecule has 1 unspecified atom stereocenters. The number of nitrogens with zero attached hydrogens (tertiary/aromatic N) is 1. The van der Waals surface area contributed by atoms with Crippen LogP contribution in [0.2, 0.25) is 0 Å². The van der Waals surface area contributed by atoms with Crippen molar-refractivity contribution in [3.05, 3.63) is 24.0 Å². The van der Waals surface area contributed by atoms with Crippen molar-refractivity contribution in [2.24, 2.45) is 0 Å². The van der Waals surface area contributed by atoms with Gasteiger partial charge in [0.1, 0.15) is 12.4 Å². The Labute approximate surface area is 64.6 Å². The lowest BCUT2D eigenvalue weighted by atomic mass is 10.1. The van der Waals surface area contributed by atoms with Crippen molar-refractivity contribution in [3.8, 4) is 5.75 Å². The van der Waals surface area contributed by atoms with E-state index in [1.54, 1.807) is 12.4 Å². The van der Waals surface area contributed by atoms with E-state index in [4.69, 9.17) is 4.74 Å². The first-order chi connectivity index (χ1) is 5.36. The van der Waals surface area contributed by atoms with Gasteiger partial charge in [-0.1, -0.05) is 0 Å². The van der Waals surface area contributed by atoms with Crippen molar-refractivity contribution in [1.82, 2.24) is 4.98 Å². The van der Waals surface area contributed by atoms with E-state index in [0.717, 1.165) is 11.3 Å². The van der Waals surface area contributed by atoms with Gasteiger partial charge in [-0.2, -0.15) is 0 Å². The number of aromatic nitrogens is 1. The van der Waals surface area contributed by atoms with E-state index in [-0.39, 0.29) is 6.10 Å². The highest BCUT2D eigenvalue weighted by Gasteiger charge is 2.16. The third-order valence-corrected chi connectivity index (χ3v) is 1.76. The van der Waals surface area contributed by atoms with E-state index in [1.807, 2.05) is 6.07 Å². The molecule has 3 nitrogen and oxygen atoms in total. The molecular formula is C8H9NO2. The zero-order valence-electron chi connectivity index (χ0n) is 6.03. The maximum atomic E-state index is 9.21. The Hall–Kier alpha value is -1.09. The van der Waals surface area contributed by atoms with Crippen LogP contribution in [-0.2, 0) is 6.42 Å². The van der Waals surface area contributed by atoms with Crippen molar-refractivity contribution in [2.45, 2.75) is 12.5 Å². The molecule has 1 N–H and O–H groups in total. The van der Waals surface area contributed by atoms with Gasteiger partial charge in [-0.3, -0.25) is 4.98 Å². The Morgan fingerprint density at radius 1 is 1.64 bits per heavy atom. The van der Waals surface area contributed by atoms with E-state index in [1.165, 1.54) is 0 Å². The highest BCUT2D eigenvalue weighted by atomic mass is 16.5. The first-order valence-corrected chi connectivity index (χ1v) is 3.60. The third-order valence-electron chi connectivity index (χ3n) is 1.76. The molecule has 0 spiro atoms. The molecule has 0 saturated carbocycles. The Morgan fingerprint density at radius 2 is 2.55 bits per heavy atom. The maximum absolute atomic E-state index is 9.21. The number of fused-ring (bicyclic) bond motifs is 1. The monoisotopic (exact) mass is 151 g/mol. The molecule has 0 fully saturated rings. The SMILES string of the molecule is OC1COc2cnccc2C1. The smallest absolute Gasteiger partial charge is 0.141 e. The van der Waals surface area contributed by atoms with Gasteiger partial charge >= 0.3 is 0 Å². The van der Waals surface area contributed by atoms with Gasteiger partial charge in [0.25, 0.3) is 0 Å². The number of pyridine rings is 1. The van der Waals surface area contributed by atoms with E-state index in [2.05, 4.69) is 4.98 Å². The molecule has 1 aromatic heterocycles. The molecule has 1 aliphatic heterocycles. The molecule has 2 heterocycles. The molecule has 58 valence electrons. The summed E-state index contributed by atoms with van der Waals surface area (Å²) in [6, 6.07) is 1.87. The number of aliphatic hydroxyl groups is 1. The summed E-state index contributed by atoms with van der Waals surface area (Å²) in [5.74, 6) is 0.804. The Morgan fingerprint density at radius 3 is 3.45 bits per heavy atom. The van der Waals surface area contributed by atoms with Crippen molar-refractivity contribution < 1.29 is 9.84 Å². The van der Waals surface area contributed by atoms with Gasteiger partial charge in [0.2, 0.25) is 0 Å². The normalized spacial score (nSPS) is 22.1. The minimum absolute atomic E-state index is 0.357. The summed E-state index contributed by atoms with van der Waals surface area (Å²) in [6.07, 6.45) is 3.71. The first kappa shape index (κ1) is 6.61. The van der Waals surface area contributed by atoms with Crippen LogP contribution in [0.1, 0.15) is 5.56 Å². The summed E-state index contributed by atoms with van der Waals surface area (Å²) in [6.45, 7) is 0.388. The molecule has 0 saturated heterocycles. The van der Waals surface area contributed by atoms with Gasteiger partial charge in [0.05, 0.1) is 12.3 Å². The molecular weight excluding hydrogens is 142 g/mol. The number of aliphatic hydroxyl groups excluding tert-OH is 1. The second kappa shape index (κ2) is 2.51. The lowest BCUT2D eigenvalue weighted by Gasteiger charge is -2.20. The predicted octanol–water partition coefficient (Wildman–Crippen LogP) is 0.377. The fraction of sp³-hybridized carbons (Fsp3) is 0.375. The Bertz CT molecular complexity index is 262. The highest BCUT2D eigenvalue weighted by molar-refractivity contribution is 5.31. The van der Waals surface area contributed by atoms with Crippen LogP contribution in [0.5, 0.6) is 5.75 Å². The predicted molar refractivity (Wildman–Crippen MR) is 39.4 cm³/mol. The lowest BCUT2D eigenvalue weighted by Crippen LogP contribution is -2.25. The average molecular weight is 151 g/mol. The second-order valence-electron chi connectivity index (χ2n) is 2.65. The highest BCUT2D eigenvalue weighted by Crippen LogP contribution is 2.22. The fourth-order valence-corrected chi connectivity index (χ4v) is 1.21. The van der Waals surface area contributed by atoms with E-state index in [0.29, 0.717) is 13.0 Å². The van der Waals surface area contributed by atoms with Gasteiger partial charge < -0.3 is 9.84 Å². The zero-order chi connectivity index (χ0) is 7.68. The number of ether oxygens (including phenoxy) is 1. The molecule has 11 heavy (non-hydrogen) atoms. The maximum Gasteiger partial charge on any atom is 0.141 e. The molecule has 0 amide bonds. The number of hydrogen-bond acceptors (Lipinski definition) is 3. The van der Waals surface area contributed by atoms with Crippen LogP contribution in [0, 0.1) is 0 Å². The van der Waals surface area contributed by atoms with Gasteiger partial charge in [-0.15, -0.1) is 0 Å². The van der Waals surface area contributed by atoms with Crippen LogP contribution < -0.4 is 4.74 Å². The minimum Gasteiger partial charge on any atom is -0.489 e. The van der Waals surface area contributed by atoms with Crippen LogP contribution in [0.4, 0.5) is 0 Å². The Kier molecular flexibility index (Phi) is 1.51. The van der Waals surface area contributed by atoms with E-state index in [9.17, 15) is 5.11 Å². The van der Waals surface area contributed by atoms with Gasteiger partial charge in [-0.05, 0) is 11.6 Å². The van der Waals surface area contributed by atoms with Crippen LogP contribution >= 0.6 is 0 Å². The fourth-order valence-electron chi connectivity index (χ4n) is 1.21. The van der Waals surface area contributed by atoms with Crippen molar-refractivity contribution >= 4 is 0 Å². The minimum atomic E-state index is -0.357. The first-order valence-electron chi connectivity index (χ1n) is 3.60. The van der Waals surface area contributed by atoms with Crippen LogP contribution in [0.15, 0.2) is 18.5 Å². The number of hydrogen-bond donors (Lipinski definition) is 1.